The predicted octanol–water partition coefficient (Wildman–Crippen LogP) is 2.75. The highest BCUT2D eigenvalue weighted by molar-refractivity contribution is 7.09. The molecule has 3 nitrogen and oxygen atoms in total. The van der Waals surface area contributed by atoms with Gasteiger partial charge in [0.15, 0.2) is 0 Å². The van der Waals surface area contributed by atoms with Crippen molar-refractivity contribution in [1.29, 1.82) is 0 Å². The number of aromatic nitrogens is 3. The molecule has 0 aliphatic carbocycles. The first-order valence-corrected chi connectivity index (χ1v) is 6.77. The molecular formula is C11H14ClN3S. The van der Waals surface area contributed by atoms with E-state index in [4.69, 9.17) is 11.6 Å². The van der Waals surface area contributed by atoms with E-state index in [2.05, 4.69) is 27.8 Å². The molecule has 0 radical (unpaired) electrons. The topological polar surface area (TPSA) is 30.7 Å². The summed E-state index contributed by atoms with van der Waals surface area (Å²) in [5.74, 6) is 0.683. The van der Waals surface area contributed by atoms with Gasteiger partial charge in [0.05, 0.1) is 5.69 Å². The zero-order valence-corrected chi connectivity index (χ0v) is 10.5. The second-order valence-electron chi connectivity index (χ2n) is 3.59. The van der Waals surface area contributed by atoms with Crippen molar-refractivity contribution in [1.82, 2.24) is 15.0 Å². The van der Waals surface area contributed by atoms with Gasteiger partial charge in [-0.25, -0.2) is 0 Å². The number of halogens is 1. The minimum absolute atomic E-state index is 0.683. The number of alkyl halides is 1. The first-order chi connectivity index (χ1) is 7.88. The van der Waals surface area contributed by atoms with E-state index in [0.717, 1.165) is 31.5 Å². The van der Waals surface area contributed by atoms with Crippen molar-refractivity contribution in [3.63, 3.8) is 0 Å². The second-order valence-corrected chi connectivity index (χ2v) is 5.01. The number of thiophene rings is 1. The van der Waals surface area contributed by atoms with Crippen LogP contribution in [-0.2, 0) is 19.4 Å². The van der Waals surface area contributed by atoms with Gasteiger partial charge in [-0.05, 0) is 24.3 Å². The van der Waals surface area contributed by atoms with Crippen molar-refractivity contribution >= 4 is 22.9 Å². The van der Waals surface area contributed by atoms with Crippen LogP contribution in [0.1, 0.15) is 17.0 Å². The van der Waals surface area contributed by atoms with Crippen molar-refractivity contribution in [2.45, 2.75) is 25.8 Å². The molecule has 2 aromatic rings. The van der Waals surface area contributed by atoms with Crippen LogP contribution in [-0.4, -0.2) is 20.9 Å². The van der Waals surface area contributed by atoms with Gasteiger partial charge in [-0.15, -0.1) is 28.0 Å². The number of hydrogen-bond donors (Lipinski definition) is 0. The fourth-order valence-electron chi connectivity index (χ4n) is 1.49. The number of rotatable bonds is 6. The van der Waals surface area contributed by atoms with Crippen molar-refractivity contribution in [2.75, 3.05) is 5.88 Å². The molecule has 0 fully saturated rings. The van der Waals surface area contributed by atoms with Gasteiger partial charge < -0.3 is 0 Å². The lowest BCUT2D eigenvalue weighted by Gasteiger charge is -1.97. The van der Waals surface area contributed by atoms with Crippen LogP contribution in [0.25, 0.3) is 0 Å². The van der Waals surface area contributed by atoms with Crippen LogP contribution >= 0.6 is 22.9 Å². The Bertz CT molecular complexity index is 411. The largest absolute Gasteiger partial charge is 0.252 e. The number of hydrogen-bond acceptors (Lipinski definition) is 3. The Kier molecular flexibility index (Phi) is 4.36. The lowest BCUT2D eigenvalue weighted by molar-refractivity contribution is 0.592. The van der Waals surface area contributed by atoms with Gasteiger partial charge in [0.25, 0.3) is 0 Å². The Hall–Kier alpha value is -0.870. The zero-order chi connectivity index (χ0) is 11.2. The summed E-state index contributed by atoms with van der Waals surface area (Å²) < 4.78 is 1.91. The predicted molar refractivity (Wildman–Crippen MR) is 67.1 cm³/mol. The monoisotopic (exact) mass is 255 g/mol. The van der Waals surface area contributed by atoms with Crippen molar-refractivity contribution in [3.05, 3.63) is 34.3 Å². The van der Waals surface area contributed by atoms with E-state index in [0.29, 0.717) is 5.88 Å². The molecule has 5 heteroatoms. The third-order valence-electron chi connectivity index (χ3n) is 2.32. The molecule has 0 atom stereocenters. The molecule has 0 amide bonds. The molecule has 2 aromatic heterocycles. The molecule has 0 bridgehead atoms. The van der Waals surface area contributed by atoms with Crippen LogP contribution < -0.4 is 0 Å². The maximum absolute atomic E-state index is 5.63. The smallest absolute Gasteiger partial charge is 0.0827 e. The number of nitrogens with zero attached hydrogens (tertiary/aromatic N) is 3. The lowest BCUT2D eigenvalue weighted by atomic mass is 10.3. The summed E-state index contributed by atoms with van der Waals surface area (Å²) in [6.45, 7) is 0.897. The molecule has 0 saturated heterocycles. The van der Waals surface area contributed by atoms with E-state index in [1.165, 1.54) is 4.88 Å². The van der Waals surface area contributed by atoms with Gasteiger partial charge >= 0.3 is 0 Å². The van der Waals surface area contributed by atoms with Crippen LogP contribution in [0.4, 0.5) is 0 Å². The molecule has 0 spiro atoms. The van der Waals surface area contributed by atoms with Gasteiger partial charge in [0, 0.05) is 29.9 Å². The second kappa shape index (κ2) is 6.01. The first kappa shape index (κ1) is 11.6. The fourth-order valence-corrected chi connectivity index (χ4v) is 2.32. The minimum atomic E-state index is 0.683. The molecule has 0 N–H and O–H groups in total. The quantitative estimate of drug-likeness (QED) is 0.743. The Morgan fingerprint density at radius 1 is 1.38 bits per heavy atom. The van der Waals surface area contributed by atoms with Crippen molar-refractivity contribution in [2.24, 2.45) is 0 Å². The Balaban J connectivity index is 1.83. The van der Waals surface area contributed by atoms with E-state index in [9.17, 15) is 0 Å². The summed E-state index contributed by atoms with van der Waals surface area (Å²) in [6, 6.07) is 4.23. The standard InChI is InChI=1S/C11H14ClN3S/c12-6-1-3-10-9-15(14-13-10)7-5-11-4-2-8-16-11/h2,4,8-9H,1,3,5-7H2. The van der Waals surface area contributed by atoms with Gasteiger partial charge in [-0.3, -0.25) is 4.68 Å². The molecule has 0 unspecified atom stereocenters. The van der Waals surface area contributed by atoms with E-state index < -0.39 is 0 Å². The van der Waals surface area contributed by atoms with Gasteiger partial charge in [0.1, 0.15) is 0 Å². The van der Waals surface area contributed by atoms with Crippen molar-refractivity contribution in [3.8, 4) is 0 Å². The van der Waals surface area contributed by atoms with Crippen LogP contribution in [0.2, 0.25) is 0 Å². The molecule has 0 aliphatic heterocycles. The molecule has 16 heavy (non-hydrogen) atoms. The third kappa shape index (κ3) is 3.32. The van der Waals surface area contributed by atoms with Crippen LogP contribution in [0.5, 0.6) is 0 Å². The fraction of sp³-hybridized carbons (Fsp3) is 0.455. The summed E-state index contributed by atoms with van der Waals surface area (Å²) in [5.41, 5.74) is 1.03. The average Bonchev–Trinajstić information content (AvgIpc) is 2.95. The van der Waals surface area contributed by atoms with Crippen molar-refractivity contribution < 1.29 is 0 Å². The maximum atomic E-state index is 5.63. The van der Waals surface area contributed by atoms with Gasteiger partial charge in [-0.2, -0.15) is 0 Å². The first-order valence-electron chi connectivity index (χ1n) is 5.36. The third-order valence-corrected chi connectivity index (χ3v) is 3.52. The summed E-state index contributed by atoms with van der Waals surface area (Å²) in [6.07, 6.45) is 4.92. The summed E-state index contributed by atoms with van der Waals surface area (Å²) in [5, 5.41) is 10.3. The Morgan fingerprint density at radius 3 is 3.06 bits per heavy atom. The SMILES string of the molecule is ClCCCc1cn(CCc2cccs2)nn1. The van der Waals surface area contributed by atoms with Crippen LogP contribution in [0.15, 0.2) is 23.7 Å². The highest BCUT2D eigenvalue weighted by Crippen LogP contribution is 2.10. The summed E-state index contributed by atoms with van der Waals surface area (Å²) in [7, 11) is 0. The van der Waals surface area contributed by atoms with E-state index >= 15 is 0 Å². The molecule has 2 heterocycles. The normalized spacial score (nSPS) is 10.8. The Labute approximate surface area is 104 Å². The molecule has 2 rings (SSSR count). The average molecular weight is 256 g/mol. The van der Waals surface area contributed by atoms with E-state index in [-0.39, 0.29) is 0 Å². The Morgan fingerprint density at radius 2 is 2.31 bits per heavy atom. The van der Waals surface area contributed by atoms with Crippen LogP contribution in [0, 0.1) is 0 Å². The minimum Gasteiger partial charge on any atom is -0.252 e. The molecule has 0 saturated carbocycles. The molecular weight excluding hydrogens is 242 g/mol. The molecule has 0 aliphatic rings. The zero-order valence-electron chi connectivity index (χ0n) is 8.97. The van der Waals surface area contributed by atoms with Gasteiger partial charge in [-0.1, -0.05) is 11.3 Å². The van der Waals surface area contributed by atoms with E-state index in [1.807, 2.05) is 10.9 Å². The number of aryl methyl sites for hydroxylation is 3. The molecule has 86 valence electrons. The lowest BCUT2D eigenvalue weighted by Crippen LogP contribution is -2.00. The van der Waals surface area contributed by atoms with Gasteiger partial charge in [0.2, 0.25) is 0 Å². The summed E-state index contributed by atoms with van der Waals surface area (Å²) >= 11 is 7.42. The van der Waals surface area contributed by atoms with Crippen LogP contribution in [0.3, 0.4) is 0 Å². The summed E-state index contributed by atoms with van der Waals surface area (Å²) in [4.78, 5) is 1.39. The highest BCUT2D eigenvalue weighted by atomic mass is 35.5. The van der Waals surface area contributed by atoms with E-state index in [1.54, 1.807) is 11.3 Å². The highest BCUT2D eigenvalue weighted by Gasteiger charge is 2.01. The maximum Gasteiger partial charge on any atom is 0.0827 e. The molecule has 0 aromatic carbocycles.